The van der Waals surface area contributed by atoms with Gasteiger partial charge in [-0.3, -0.25) is 14.7 Å². The quantitative estimate of drug-likeness (QED) is 0.851. The summed E-state index contributed by atoms with van der Waals surface area (Å²) in [4.78, 5) is 21.7. The van der Waals surface area contributed by atoms with Gasteiger partial charge in [-0.15, -0.1) is 0 Å². The molecule has 3 aliphatic heterocycles. The second-order valence-corrected chi connectivity index (χ2v) is 7.20. The summed E-state index contributed by atoms with van der Waals surface area (Å²) in [5.41, 5.74) is 1.02. The molecule has 1 aromatic rings. The second-order valence-electron chi connectivity index (χ2n) is 7.20. The molecule has 0 N–H and O–H groups in total. The fourth-order valence-electron chi connectivity index (χ4n) is 4.42. The Labute approximate surface area is 137 Å². The fourth-order valence-corrected chi connectivity index (χ4v) is 4.42. The summed E-state index contributed by atoms with van der Waals surface area (Å²) in [5.74, 6) is 0.359. The van der Waals surface area contributed by atoms with Crippen LogP contribution in [0, 0.1) is 5.41 Å². The molecule has 4 heterocycles. The molecule has 5 heteroatoms. The minimum atomic E-state index is -0.145. The zero-order chi connectivity index (χ0) is 15.7. The number of hydrogen-bond donors (Lipinski definition) is 0. The summed E-state index contributed by atoms with van der Waals surface area (Å²) in [6, 6.07) is 4.53. The molecule has 0 radical (unpaired) electrons. The normalized spacial score (nSPS) is 32.1. The predicted molar refractivity (Wildman–Crippen MR) is 86.7 cm³/mol. The highest BCUT2D eigenvalue weighted by Gasteiger charge is 2.49. The molecule has 1 amide bonds. The highest BCUT2D eigenvalue weighted by atomic mass is 16.5. The van der Waals surface area contributed by atoms with Gasteiger partial charge >= 0.3 is 0 Å². The lowest BCUT2D eigenvalue weighted by molar-refractivity contribution is -0.139. The number of aromatic nitrogens is 1. The minimum Gasteiger partial charge on any atom is -0.380 e. The van der Waals surface area contributed by atoms with Gasteiger partial charge in [0.15, 0.2) is 0 Å². The highest BCUT2D eigenvalue weighted by Crippen LogP contribution is 2.41. The van der Waals surface area contributed by atoms with Crippen molar-refractivity contribution in [3.05, 3.63) is 30.1 Å². The van der Waals surface area contributed by atoms with Crippen LogP contribution >= 0.6 is 0 Å². The molecule has 2 atom stereocenters. The minimum absolute atomic E-state index is 0.145. The molecule has 4 rings (SSSR count). The SMILES string of the molecule is O=C1N(Cc2ccncc2)CCC12CCCN(C1CCOC1)C2. The van der Waals surface area contributed by atoms with Crippen molar-refractivity contribution >= 4 is 5.91 Å². The van der Waals surface area contributed by atoms with Gasteiger partial charge in [-0.1, -0.05) is 0 Å². The Hall–Kier alpha value is -1.46. The van der Waals surface area contributed by atoms with Crippen molar-refractivity contribution in [1.29, 1.82) is 0 Å². The second kappa shape index (κ2) is 6.21. The van der Waals surface area contributed by atoms with E-state index >= 15 is 0 Å². The predicted octanol–water partition coefficient (Wildman–Crippen LogP) is 1.69. The molecule has 0 bridgehead atoms. The van der Waals surface area contributed by atoms with Crippen LogP contribution in [0.4, 0.5) is 0 Å². The number of amides is 1. The smallest absolute Gasteiger partial charge is 0.230 e. The monoisotopic (exact) mass is 315 g/mol. The van der Waals surface area contributed by atoms with Crippen molar-refractivity contribution in [2.45, 2.75) is 38.3 Å². The third kappa shape index (κ3) is 2.88. The maximum atomic E-state index is 13.1. The lowest BCUT2D eigenvalue weighted by Gasteiger charge is -2.41. The average Bonchev–Trinajstić information content (AvgIpc) is 3.22. The van der Waals surface area contributed by atoms with Crippen LogP contribution in [0.25, 0.3) is 0 Å². The van der Waals surface area contributed by atoms with Crippen LogP contribution in [0.2, 0.25) is 0 Å². The lowest BCUT2D eigenvalue weighted by atomic mass is 9.78. The lowest BCUT2D eigenvalue weighted by Crippen LogP contribution is -2.51. The molecule has 1 spiro atoms. The first-order valence-electron chi connectivity index (χ1n) is 8.77. The molecule has 3 aliphatic rings. The summed E-state index contributed by atoms with van der Waals surface area (Å²) < 4.78 is 5.55. The molecule has 3 saturated heterocycles. The van der Waals surface area contributed by atoms with E-state index < -0.39 is 0 Å². The van der Waals surface area contributed by atoms with Gasteiger partial charge in [0.05, 0.1) is 12.0 Å². The number of rotatable bonds is 3. The van der Waals surface area contributed by atoms with Gasteiger partial charge in [-0.25, -0.2) is 0 Å². The molecule has 124 valence electrons. The standard InChI is InChI=1S/C18H25N3O2/c22-17-18(5-1-9-21(14-18)16-4-11-23-13-16)6-10-20(17)12-15-2-7-19-8-3-15/h2-3,7-8,16H,1,4-6,9-14H2. The van der Waals surface area contributed by atoms with Crippen molar-refractivity contribution in [3.63, 3.8) is 0 Å². The first-order valence-corrected chi connectivity index (χ1v) is 8.77. The Morgan fingerprint density at radius 1 is 1.26 bits per heavy atom. The van der Waals surface area contributed by atoms with Crippen LogP contribution in [-0.2, 0) is 16.1 Å². The zero-order valence-corrected chi connectivity index (χ0v) is 13.6. The van der Waals surface area contributed by atoms with E-state index in [2.05, 4.69) is 9.88 Å². The molecule has 0 saturated carbocycles. The van der Waals surface area contributed by atoms with Crippen molar-refractivity contribution < 1.29 is 9.53 Å². The molecule has 0 aliphatic carbocycles. The van der Waals surface area contributed by atoms with Crippen molar-refractivity contribution in [2.24, 2.45) is 5.41 Å². The Kier molecular flexibility index (Phi) is 4.07. The van der Waals surface area contributed by atoms with Crippen LogP contribution in [0.1, 0.15) is 31.2 Å². The maximum absolute atomic E-state index is 13.1. The summed E-state index contributed by atoms with van der Waals surface area (Å²) >= 11 is 0. The Morgan fingerprint density at radius 3 is 2.91 bits per heavy atom. The van der Waals surface area contributed by atoms with E-state index in [0.717, 1.165) is 65.1 Å². The van der Waals surface area contributed by atoms with Gasteiger partial charge in [0.1, 0.15) is 0 Å². The number of likely N-dealkylation sites (tertiary alicyclic amines) is 2. The number of nitrogens with zero attached hydrogens (tertiary/aromatic N) is 3. The molecule has 5 nitrogen and oxygen atoms in total. The van der Waals surface area contributed by atoms with Gasteiger partial charge < -0.3 is 9.64 Å². The van der Waals surface area contributed by atoms with E-state index in [1.54, 1.807) is 12.4 Å². The largest absolute Gasteiger partial charge is 0.380 e. The number of ether oxygens (including phenoxy) is 1. The molecular weight excluding hydrogens is 290 g/mol. The number of piperidine rings is 1. The summed E-state index contributed by atoms with van der Waals surface area (Å²) in [6.45, 7) is 5.35. The number of pyridine rings is 1. The van der Waals surface area contributed by atoms with Crippen molar-refractivity contribution in [2.75, 3.05) is 32.8 Å². The molecule has 23 heavy (non-hydrogen) atoms. The Balaban J connectivity index is 1.45. The third-order valence-electron chi connectivity index (χ3n) is 5.75. The number of hydrogen-bond acceptors (Lipinski definition) is 4. The zero-order valence-electron chi connectivity index (χ0n) is 13.6. The van der Waals surface area contributed by atoms with Gasteiger partial charge in [0.2, 0.25) is 5.91 Å². The van der Waals surface area contributed by atoms with E-state index in [0.29, 0.717) is 11.9 Å². The molecule has 0 aromatic carbocycles. The van der Waals surface area contributed by atoms with Gasteiger partial charge in [0, 0.05) is 44.7 Å². The van der Waals surface area contributed by atoms with E-state index in [1.165, 1.54) is 5.56 Å². The molecule has 1 aromatic heterocycles. The van der Waals surface area contributed by atoms with Crippen molar-refractivity contribution in [1.82, 2.24) is 14.8 Å². The summed E-state index contributed by atoms with van der Waals surface area (Å²) in [5, 5.41) is 0. The van der Waals surface area contributed by atoms with E-state index in [4.69, 9.17) is 4.74 Å². The first kappa shape index (κ1) is 15.1. The summed E-state index contributed by atoms with van der Waals surface area (Å²) in [6.07, 6.45) is 7.89. The van der Waals surface area contributed by atoms with Crippen LogP contribution in [0.15, 0.2) is 24.5 Å². The molecule has 3 fully saturated rings. The van der Waals surface area contributed by atoms with Crippen molar-refractivity contribution in [3.8, 4) is 0 Å². The highest BCUT2D eigenvalue weighted by molar-refractivity contribution is 5.85. The molecule has 2 unspecified atom stereocenters. The van der Waals surface area contributed by atoms with Crippen LogP contribution in [-0.4, -0.2) is 59.6 Å². The first-order chi connectivity index (χ1) is 11.3. The van der Waals surface area contributed by atoms with E-state index in [9.17, 15) is 4.79 Å². The summed E-state index contributed by atoms with van der Waals surface area (Å²) in [7, 11) is 0. The van der Waals surface area contributed by atoms with Gasteiger partial charge in [-0.05, 0) is 49.9 Å². The number of carbonyl (C=O) groups is 1. The third-order valence-corrected chi connectivity index (χ3v) is 5.75. The number of carbonyl (C=O) groups excluding carboxylic acids is 1. The van der Waals surface area contributed by atoms with Gasteiger partial charge in [0.25, 0.3) is 0 Å². The Bertz CT molecular complexity index is 559. The average molecular weight is 315 g/mol. The van der Waals surface area contributed by atoms with Crippen LogP contribution in [0.5, 0.6) is 0 Å². The van der Waals surface area contributed by atoms with Gasteiger partial charge in [-0.2, -0.15) is 0 Å². The molecular formula is C18H25N3O2. The van der Waals surface area contributed by atoms with Crippen LogP contribution < -0.4 is 0 Å². The maximum Gasteiger partial charge on any atom is 0.230 e. The topological polar surface area (TPSA) is 45.7 Å². The van der Waals surface area contributed by atoms with Crippen LogP contribution in [0.3, 0.4) is 0 Å². The fraction of sp³-hybridized carbons (Fsp3) is 0.667. The van der Waals surface area contributed by atoms with E-state index in [-0.39, 0.29) is 5.41 Å². The Morgan fingerprint density at radius 2 is 2.13 bits per heavy atom. The van der Waals surface area contributed by atoms with E-state index in [1.807, 2.05) is 17.0 Å².